The Morgan fingerprint density at radius 1 is 1.67 bits per heavy atom. The summed E-state index contributed by atoms with van der Waals surface area (Å²) in [6.45, 7) is 3.00. The highest BCUT2D eigenvalue weighted by Gasteiger charge is 2.19. The predicted molar refractivity (Wildman–Crippen MR) is 82.5 cm³/mol. The minimum Gasteiger partial charge on any atom is -0.395 e. The van der Waals surface area contributed by atoms with Crippen molar-refractivity contribution < 1.29 is 14.6 Å². The van der Waals surface area contributed by atoms with Crippen LogP contribution in [0.2, 0.25) is 0 Å². The van der Waals surface area contributed by atoms with Gasteiger partial charge in [0.15, 0.2) is 0 Å². The number of hydrogen-bond donors (Lipinski definition) is 2. The van der Waals surface area contributed by atoms with E-state index in [1.54, 1.807) is 0 Å². The predicted octanol–water partition coefficient (Wildman–Crippen LogP) is 0.542. The smallest absolute Gasteiger partial charge is 0.262 e. The van der Waals surface area contributed by atoms with Crippen LogP contribution < -0.4 is 5.32 Å². The monoisotopic (exact) mass is 308 g/mol. The number of ether oxygens (including phenoxy) is 1. The third-order valence-corrected chi connectivity index (χ3v) is 4.08. The molecule has 21 heavy (non-hydrogen) atoms. The lowest BCUT2D eigenvalue weighted by Gasteiger charge is -2.30. The fraction of sp³-hybridized carbons (Fsp3) is 0.533. The van der Waals surface area contributed by atoms with Gasteiger partial charge in [0.05, 0.1) is 19.3 Å². The molecule has 1 saturated heterocycles. The largest absolute Gasteiger partial charge is 0.395 e. The molecule has 1 aliphatic heterocycles. The maximum Gasteiger partial charge on any atom is 0.262 e. The van der Waals surface area contributed by atoms with Gasteiger partial charge in [0.1, 0.15) is 4.88 Å². The molecule has 0 radical (unpaired) electrons. The van der Waals surface area contributed by atoms with Crippen LogP contribution in [0.5, 0.6) is 0 Å². The highest BCUT2D eigenvalue weighted by Crippen LogP contribution is 2.15. The number of aliphatic hydroxyl groups is 1. The fourth-order valence-electron chi connectivity index (χ4n) is 2.07. The third-order valence-electron chi connectivity index (χ3n) is 3.16. The van der Waals surface area contributed by atoms with Crippen molar-refractivity contribution in [3.63, 3.8) is 0 Å². The van der Waals surface area contributed by atoms with E-state index in [-0.39, 0.29) is 18.6 Å². The molecule has 0 bridgehead atoms. The number of amides is 1. The Kier molecular flexibility index (Phi) is 6.21. The van der Waals surface area contributed by atoms with Crippen LogP contribution in [0.25, 0.3) is 0 Å². The van der Waals surface area contributed by atoms with Crippen LogP contribution in [-0.2, 0) is 4.74 Å². The van der Waals surface area contributed by atoms with Gasteiger partial charge in [-0.2, -0.15) is 0 Å². The molecule has 114 valence electrons. The molecule has 2 rings (SSSR count). The van der Waals surface area contributed by atoms with Crippen LogP contribution in [-0.4, -0.2) is 61.9 Å². The van der Waals surface area contributed by atoms with Crippen LogP contribution in [0, 0.1) is 11.8 Å². The SMILES string of the molecule is CN1CCOC(CNC(=O)c2sccc2C#CCCO)C1. The Morgan fingerprint density at radius 2 is 2.52 bits per heavy atom. The summed E-state index contributed by atoms with van der Waals surface area (Å²) in [6, 6.07) is 1.83. The Labute approximate surface area is 128 Å². The van der Waals surface area contributed by atoms with E-state index in [2.05, 4.69) is 22.1 Å². The van der Waals surface area contributed by atoms with Crippen LogP contribution in [0.15, 0.2) is 11.4 Å². The topological polar surface area (TPSA) is 61.8 Å². The first-order valence-corrected chi connectivity index (χ1v) is 7.84. The summed E-state index contributed by atoms with van der Waals surface area (Å²) in [4.78, 5) is 15.0. The van der Waals surface area contributed by atoms with Crippen molar-refractivity contribution in [2.45, 2.75) is 12.5 Å². The molecule has 2 heterocycles. The van der Waals surface area contributed by atoms with Crippen LogP contribution in [0.4, 0.5) is 0 Å². The first-order chi connectivity index (χ1) is 10.2. The Morgan fingerprint density at radius 3 is 3.29 bits per heavy atom. The number of carbonyl (C=O) groups is 1. The summed E-state index contributed by atoms with van der Waals surface area (Å²) >= 11 is 1.37. The average Bonchev–Trinajstić information content (AvgIpc) is 2.94. The molecule has 1 aliphatic rings. The van der Waals surface area contributed by atoms with Crippen molar-refractivity contribution in [3.05, 3.63) is 21.9 Å². The van der Waals surface area contributed by atoms with E-state index < -0.39 is 0 Å². The van der Waals surface area contributed by atoms with Crippen molar-refractivity contribution in [3.8, 4) is 11.8 Å². The van der Waals surface area contributed by atoms with Gasteiger partial charge in [-0.1, -0.05) is 11.8 Å². The van der Waals surface area contributed by atoms with Crippen LogP contribution in [0.1, 0.15) is 21.7 Å². The number of carbonyl (C=O) groups excluding carboxylic acids is 1. The number of nitrogens with zero attached hydrogens (tertiary/aromatic N) is 1. The van der Waals surface area contributed by atoms with Gasteiger partial charge in [-0.25, -0.2) is 0 Å². The maximum atomic E-state index is 12.2. The number of likely N-dealkylation sites (N-methyl/N-ethyl adjacent to an activating group) is 1. The first kappa shape index (κ1) is 16.0. The van der Waals surface area contributed by atoms with E-state index >= 15 is 0 Å². The number of rotatable bonds is 4. The molecule has 6 heteroatoms. The van der Waals surface area contributed by atoms with Gasteiger partial charge in [-0.15, -0.1) is 11.3 Å². The molecular formula is C15H20N2O3S. The molecule has 1 aromatic rings. The van der Waals surface area contributed by atoms with Crippen molar-refractivity contribution >= 4 is 17.2 Å². The molecule has 0 aliphatic carbocycles. The Hall–Kier alpha value is -1.39. The molecule has 0 spiro atoms. The zero-order chi connectivity index (χ0) is 15.1. The van der Waals surface area contributed by atoms with Crippen molar-refractivity contribution in [2.24, 2.45) is 0 Å². The molecule has 1 atom stereocenters. The fourth-order valence-corrected chi connectivity index (χ4v) is 2.84. The molecule has 0 aromatic carbocycles. The van der Waals surface area contributed by atoms with Gasteiger partial charge in [0.25, 0.3) is 5.91 Å². The first-order valence-electron chi connectivity index (χ1n) is 6.96. The molecule has 1 amide bonds. The minimum absolute atomic E-state index is 0.0329. The van der Waals surface area contributed by atoms with Gasteiger partial charge in [-0.3, -0.25) is 4.79 Å². The highest BCUT2D eigenvalue weighted by molar-refractivity contribution is 7.12. The van der Waals surface area contributed by atoms with Gasteiger partial charge in [0.2, 0.25) is 0 Å². The Balaban J connectivity index is 1.89. The quantitative estimate of drug-likeness (QED) is 0.797. The summed E-state index contributed by atoms with van der Waals surface area (Å²) in [5, 5.41) is 13.5. The van der Waals surface area contributed by atoms with Crippen molar-refractivity contribution in [2.75, 3.05) is 39.9 Å². The highest BCUT2D eigenvalue weighted by atomic mass is 32.1. The molecular weight excluding hydrogens is 288 g/mol. The van der Waals surface area contributed by atoms with E-state index in [1.165, 1.54) is 11.3 Å². The van der Waals surface area contributed by atoms with Gasteiger partial charge in [0, 0.05) is 31.6 Å². The summed E-state index contributed by atoms with van der Waals surface area (Å²) in [6.07, 6.45) is 0.454. The summed E-state index contributed by atoms with van der Waals surface area (Å²) in [7, 11) is 2.05. The third kappa shape index (κ3) is 4.83. The number of thiophene rings is 1. The lowest BCUT2D eigenvalue weighted by Crippen LogP contribution is -2.45. The Bertz CT molecular complexity index is 533. The van der Waals surface area contributed by atoms with E-state index in [1.807, 2.05) is 18.5 Å². The number of morpholine rings is 1. The molecule has 5 nitrogen and oxygen atoms in total. The number of hydrogen-bond acceptors (Lipinski definition) is 5. The molecule has 2 N–H and O–H groups in total. The zero-order valence-corrected chi connectivity index (χ0v) is 12.9. The second-order valence-corrected chi connectivity index (χ2v) is 5.82. The maximum absolute atomic E-state index is 12.2. The molecule has 1 unspecified atom stereocenters. The van der Waals surface area contributed by atoms with Gasteiger partial charge >= 0.3 is 0 Å². The summed E-state index contributed by atoms with van der Waals surface area (Å²) in [5.41, 5.74) is 0.715. The van der Waals surface area contributed by atoms with Crippen molar-refractivity contribution in [1.29, 1.82) is 0 Å². The lowest BCUT2D eigenvalue weighted by molar-refractivity contribution is -0.0174. The minimum atomic E-state index is -0.116. The number of aliphatic hydroxyl groups excluding tert-OH is 1. The van der Waals surface area contributed by atoms with E-state index in [9.17, 15) is 4.79 Å². The van der Waals surface area contributed by atoms with E-state index in [0.29, 0.717) is 30.0 Å². The van der Waals surface area contributed by atoms with Crippen molar-refractivity contribution in [1.82, 2.24) is 10.2 Å². The van der Waals surface area contributed by atoms with E-state index in [0.717, 1.165) is 13.1 Å². The second-order valence-electron chi connectivity index (χ2n) is 4.90. The average molecular weight is 308 g/mol. The number of nitrogens with one attached hydrogen (secondary N) is 1. The van der Waals surface area contributed by atoms with E-state index in [4.69, 9.17) is 9.84 Å². The van der Waals surface area contributed by atoms with Crippen LogP contribution >= 0.6 is 11.3 Å². The van der Waals surface area contributed by atoms with Gasteiger partial charge in [-0.05, 0) is 18.5 Å². The molecule has 1 fully saturated rings. The summed E-state index contributed by atoms with van der Waals surface area (Å²) in [5.74, 6) is 5.64. The molecule has 0 saturated carbocycles. The molecule has 1 aromatic heterocycles. The zero-order valence-electron chi connectivity index (χ0n) is 12.1. The standard InChI is InChI=1S/C15H20N2O3S/c1-17-6-8-20-13(11-17)10-16-15(19)14-12(5-9-21-14)4-2-3-7-18/h5,9,13,18H,3,6-8,10-11H2,1H3,(H,16,19). The normalized spacial score (nSPS) is 18.9. The van der Waals surface area contributed by atoms with Crippen LogP contribution in [0.3, 0.4) is 0 Å². The van der Waals surface area contributed by atoms with Gasteiger partial charge < -0.3 is 20.1 Å². The summed E-state index contributed by atoms with van der Waals surface area (Å²) < 4.78 is 5.62. The second kappa shape index (κ2) is 8.15. The lowest BCUT2D eigenvalue weighted by atomic mass is 10.2.